The van der Waals surface area contributed by atoms with Crippen molar-refractivity contribution < 1.29 is 8.42 Å². The van der Waals surface area contributed by atoms with Gasteiger partial charge in [0.05, 0.1) is 4.90 Å². The smallest absolute Gasteiger partial charge is 0.241 e. The molecule has 1 heterocycles. The highest BCUT2D eigenvalue weighted by molar-refractivity contribution is 9.10. The predicted molar refractivity (Wildman–Crippen MR) is 79.7 cm³/mol. The molecule has 6 heteroatoms. The van der Waals surface area contributed by atoms with Gasteiger partial charge in [0.25, 0.3) is 0 Å². The van der Waals surface area contributed by atoms with Crippen LogP contribution in [0.15, 0.2) is 27.6 Å². The van der Waals surface area contributed by atoms with E-state index in [1.165, 1.54) is 6.42 Å². The summed E-state index contributed by atoms with van der Waals surface area (Å²) in [5, 5.41) is 3.36. The third kappa shape index (κ3) is 4.02. The number of hydrogen-bond acceptors (Lipinski definition) is 3. The summed E-state index contributed by atoms with van der Waals surface area (Å²) in [5.74, 6) is 0. The number of benzene rings is 1. The summed E-state index contributed by atoms with van der Waals surface area (Å²) in [5.41, 5.74) is 1.03. The van der Waals surface area contributed by atoms with E-state index in [0.29, 0.717) is 22.0 Å². The molecule has 1 aliphatic heterocycles. The summed E-state index contributed by atoms with van der Waals surface area (Å²) >= 11 is 3.31. The molecule has 0 aliphatic carbocycles. The molecule has 0 amide bonds. The average molecular weight is 347 g/mol. The predicted octanol–water partition coefficient (Wildman–Crippen LogP) is 2.18. The van der Waals surface area contributed by atoms with Crippen LogP contribution in [0.4, 0.5) is 0 Å². The second kappa shape index (κ2) is 6.35. The van der Waals surface area contributed by atoms with Gasteiger partial charge in [-0.05, 0) is 66.4 Å². The van der Waals surface area contributed by atoms with Gasteiger partial charge in [-0.2, -0.15) is 0 Å². The van der Waals surface area contributed by atoms with Crippen molar-refractivity contribution in [2.45, 2.75) is 37.1 Å². The Morgan fingerprint density at radius 3 is 2.89 bits per heavy atom. The van der Waals surface area contributed by atoms with E-state index in [2.05, 4.69) is 26.0 Å². The SMILES string of the molecule is Cc1ccc(S(=O)(=O)NCCC2CCCN2)c(Br)c1. The van der Waals surface area contributed by atoms with Crippen molar-refractivity contribution in [2.24, 2.45) is 0 Å². The van der Waals surface area contributed by atoms with Gasteiger partial charge in [0.1, 0.15) is 0 Å². The molecule has 1 fully saturated rings. The van der Waals surface area contributed by atoms with Gasteiger partial charge in [0.15, 0.2) is 0 Å². The minimum Gasteiger partial charge on any atom is -0.314 e. The van der Waals surface area contributed by atoms with Gasteiger partial charge in [-0.1, -0.05) is 6.07 Å². The second-order valence-electron chi connectivity index (χ2n) is 4.91. The molecule has 1 saturated heterocycles. The van der Waals surface area contributed by atoms with Crippen LogP contribution >= 0.6 is 15.9 Å². The van der Waals surface area contributed by atoms with E-state index in [1.807, 2.05) is 13.0 Å². The first-order valence-corrected chi connectivity index (χ1v) is 8.76. The largest absolute Gasteiger partial charge is 0.314 e. The highest BCUT2D eigenvalue weighted by Gasteiger charge is 2.19. The minimum absolute atomic E-state index is 0.303. The van der Waals surface area contributed by atoms with E-state index >= 15 is 0 Å². The summed E-state index contributed by atoms with van der Waals surface area (Å²) in [7, 11) is -3.42. The first-order valence-electron chi connectivity index (χ1n) is 6.48. The maximum absolute atomic E-state index is 12.2. The van der Waals surface area contributed by atoms with Crippen LogP contribution in [-0.2, 0) is 10.0 Å². The zero-order chi connectivity index (χ0) is 13.9. The number of nitrogens with one attached hydrogen (secondary N) is 2. The molecule has 2 rings (SSSR count). The van der Waals surface area contributed by atoms with E-state index in [-0.39, 0.29) is 0 Å². The first-order chi connectivity index (χ1) is 8.99. The lowest BCUT2D eigenvalue weighted by Gasteiger charge is -2.12. The number of aryl methyl sites for hydroxylation is 1. The normalized spacial score (nSPS) is 19.8. The van der Waals surface area contributed by atoms with Crippen LogP contribution in [0.1, 0.15) is 24.8 Å². The van der Waals surface area contributed by atoms with Crippen LogP contribution in [0.25, 0.3) is 0 Å². The Kier molecular flexibility index (Phi) is 5.00. The number of halogens is 1. The Labute approximate surface area is 123 Å². The van der Waals surface area contributed by atoms with Crippen molar-refractivity contribution in [1.29, 1.82) is 0 Å². The van der Waals surface area contributed by atoms with E-state index in [4.69, 9.17) is 0 Å². The molecular weight excluding hydrogens is 328 g/mol. The monoisotopic (exact) mass is 346 g/mol. The van der Waals surface area contributed by atoms with Gasteiger partial charge in [-0.15, -0.1) is 0 Å². The summed E-state index contributed by atoms with van der Waals surface area (Å²) in [6.07, 6.45) is 3.15. The highest BCUT2D eigenvalue weighted by atomic mass is 79.9. The topological polar surface area (TPSA) is 58.2 Å². The van der Waals surface area contributed by atoms with Crippen LogP contribution in [0.5, 0.6) is 0 Å². The molecule has 1 aromatic rings. The lowest BCUT2D eigenvalue weighted by molar-refractivity contribution is 0.539. The summed E-state index contributed by atoms with van der Waals surface area (Å²) in [6, 6.07) is 5.70. The number of hydrogen-bond donors (Lipinski definition) is 2. The standard InChI is InChI=1S/C13H19BrN2O2S/c1-10-4-5-13(12(14)9-10)19(17,18)16-8-6-11-3-2-7-15-11/h4-5,9,11,15-16H,2-3,6-8H2,1H3. The molecule has 1 aliphatic rings. The van der Waals surface area contributed by atoms with E-state index in [0.717, 1.165) is 24.9 Å². The van der Waals surface area contributed by atoms with Crippen LogP contribution in [0, 0.1) is 6.92 Å². The Hall–Kier alpha value is -0.430. The van der Waals surface area contributed by atoms with Crippen molar-refractivity contribution in [3.05, 3.63) is 28.2 Å². The molecule has 19 heavy (non-hydrogen) atoms. The molecule has 0 saturated carbocycles. The van der Waals surface area contributed by atoms with E-state index in [1.54, 1.807) is 12.1 Å². The molecule has 1 unspecified atom stereocenters. The van der Waals surface area contributed by atoms with Crippen LogP contribution in [0.3, 0.4) is 0 Å². The van der Waals surface area contributed by atoms with Gasteiger partial charge in [0.2, 0.25) is 10.0 Å². The molecule has 0 spiro atoms. The fourth-order valence-corrected chi connectivity index (χ4v) is 4.51. The maximum atomic E-state index is 12.2. The average Bonchev–Trinajstić information content (AvgIpc) is 2.81. The third-order valence-electron chi connectivity index (χ3n) is 3.32. The van der Waals surface area contributed by atoms with Gasteiger partial charge in [-0.25, -0.2) is 13.1 Å². The Bertz CT molecular complexity index is 540. The van der Waals surface area contributed by atoms with Gasteiger partial charge in [-0.3, -0.25) is 0 Å². The van der Waals surface area contributed by atoms with E-state index < -0.39 is 10.0 Å². The van der Waals surface area contributed by atoms with Crippen molar-refractivity contribution in [1.82, 2.24) is 10.0 Å². The maximum Gasteiger partial charge on any atom is 0.241 e. The van der Waals surface area contributed by atoms with Crippen molar-refractivity contribution >= 4 is 26.0 Å². The number of sulfonamides is 1. The number of rotatable bonds is 5. The summed E-state index contributed by atoms with van der Waals surface area (Å²) < 4.78 is 27.6. The van der Waals surface area contributed by atoms with Gasteiger partial charge >= 0.3 is 0 Å². The Morgan fingerprint density at radius 1 is 1.47 bits per heavy atom. The Balaban J connectivity index is 1.97. The third-order valence-corrected chi connectivity index (χ3v) is 5.76. The fourth-order valence-electron chi connectivity index (χ4n) is 2.27. The molecule has 1 aromatic carbocycles. The van der Waals surface area contributed by atoms with Crippen molar-refractivity contribution in [2.75, 3.05) is 13.1 Å². The quantitative estimate of drug-likeness (QED) is 0.858. The van der Waals surface area contributed by atoms with Crippen LogP contribution in [0.2, 0.25) is 0 Å². The van der Waals surface area contributed by atoms with Crippen LogP contribution in [-0.4, -0.2) is 27.5 Å². The molecule has 0 radical (unpaired) electrons. The lowest BCUT2D eigenvalue weighted by Crippen LogP contribution is -2.30. The van der Waals surface area contributed by atoms with Gasteiger partial charge < -0.3 is 5.32 Å². The lowest BCUT2D eigenvalue weighted by atomic mass is 10.2. The van der Waals surface area contributed by atoms with Gasteiger partial charge in [0, 0.05) is 17.1 Å². The second-order valence-corrected chi connectivity index (χ2v) is 7.50. The highest BCUT2D eigenvalue weighted by Crippen LogP contribution is 2.22. The van der Waals surface area contributed by atoms with Crippen molar-refractivity contribution in [3.63, 3.8) is 0 Å². The molecule has 1 atom stereocenters. The first kappa shape index (κ1) is 15.0. The summed E-state index contributed by atoms with van der Waals surface area (Å²) in [4.78, 5) is 0.303. The van der Waals surface area contributed by atoms with Crippen molar-refractivity contribution in [3.8, 4) is 0 Å². The summed E-state index contributed by atoms with van der Waals surface area (Å²) in [6.45, 7) is 3.45. The van der Waals surface area contributed by atoms with E-state index in [9.17, 15) is 8.42 Å². The molecule has 106 valence electrons. The zero-order valence-corrected chi connectivity index (χ0v) is 13.4. The molecule has 0 aromatic heterocycles. The molecule has 0 bridgehead atoms. The molecular formula is C13H19BrN2O2S. The minimum atomic E-state index is -3.42. The molecule has 4 nitrogen and oxygen atoms in total. The fraction of sp³-hybridized carbons (Fsp3) is 0.538. The Morgan fingerprint density at radius 2 is 2.26 bits per heavy atom. The zero-order valence-electron chi connectivity index (χ0n) is 10.9. The molecule has 2 N–H and O–H groups in total. The van der Waals surface area contributed by atoms with Crippen LogP contribution < -0.4 is 10.0 Å².